The Morgan fingerprint density at radius 1 is 1.48 bits per heavy atom. The van der Waals surface area contributed by atoms with E-state index in [2.05, 4.69) is 15.6 Å². The normalized spacial score (nSPS) is 13.9. The molecule has 0 aliphatic heterocycles. The molecule has 1 aromatic carbocycles. The van der Waals surface area contributed by atoms with Crippen LogP contribution in [0.4, 0.5) is 0 Å². The standard InChI is InChI=1S/C16H21ClN4O2/c1-10(2)16(4,23)9-18-15(22)14-11(3)21(20-19-14)13-7-5-6-12(17)8-13/h5-8,10,23H,9H2,1-4H3,(H,18,22). The van der Waals surface area contributed by atoms with E-state index >= 15 is 0 Å². The van der Waals surface area contributed by atoms with Gasteiger partial charge in [-0.3, -0.25) is 4.79 Å². The minimum atomic E-state index is -0.980. The molecule has 2 rings (SSSR count). The van der Waals surface area contributed by atoms with E-state index in [4.69, 9.17) is 11.6 Å². The number of amides is 1. The van der Waals surface area contributed by atoms with E-state index < -0.39 is 5.60 Å². The highest BCUT2D eigenvalue weighted by Gasteiger charge is 2.26. The average Bonchev–Trinajstić information content (AvgIpc) is 2.86. The van der Waals surface area contributed by atoms with Crippen molar-refractivity contribution >= 4 is 17.5 Å². The number of hydrogen-bond donors (Lipinski definition) is 2. The van der Waals surface area contributed by atoms with E-state index in [9.17, 15) is 9.90 Å². The third-order valence-electron chi connectivity index (χ3n) is 4.01. The molecule has 0 saturated carbocycles. The molecule has 1 unspecified atom stereocenters. The van der Waals surface area contributed by atoms with Crippen LogP contribution in [0.15, 0.2) is 24.3 Å². The Morgan fingerprint density at radius 2 is 2.17 bits per heavy atom. The van der Waals surface area contributed by atoms with Crippen molar-refractivity contribution in [3.63, 3.8) is 0 Å². The van der Waals surface area contributed by atoms with Gasteiger partial charge in [0.25, 0.3) is 5.91 Å². The van der Waals surface area contributed by atoms with Crippen LogP contribution in [-0.2, 0) is 0 Å². The Balaban J connectivity index is 2.17. The highest BCUT2D eigenvalue weighted by atomic mass is 35.5. The fraction of sp³-hybridized carbons (Fsp3) is 0.438. The predicted octanol–water partition coefficient (Wildman–Crippen LogP) is 2.37. The van der Waals surface area contributed by atoms with Crippen LogP contribution >= 0.6 is 11.6 Å². The van der Waals surface area contributed by atoms with Gasteiger partial charge in [0.15, 0.2) is 5.69 Å². The van der Waals surface area contributed by atoms with Gasteiger partial charge in [0.05, 0.1) is 17.0 Å². The second kappa shape index (κ2) is 6.68. The Kier molecular flexibility index (Phi) is 5.06. The Bertz CT molecular complexity index is 710. The molecule has 0 aliphatic carbocycles. The van der Waals surface area contributed by atoms with Crippen LogP contribution in [0.25, 0.3) is 5.69 Å². The number of carbonyl (C=O) groups is 1. The lowest BCUT2D eigenvalue weighted by Crippen LogP contribution is -2.44. The molecule has 2 aromatic rings. The zero-order valence-corrected chi connectivity index (χ0v) is 14.4. The molecule has 2 N–H and O–H groups in total. The van der Waals surface area contributed by atoms with Crippen LogP contribution in [0.1, 0.15) is 37.0 Å². The Hall–Kier alpha value is -1.92. The SMILES string of the molecule is Cc1c(C(=O)NCC(C)(O)C(C)C)nnn1-c1cccc(Cl)c1. The maximum atomic E-state index is 12.3. The first-order valence-corrected chi connectivity index (χ1v) is 7.79. The molecule has 7 heteroatoms. The van der Waals surface area contributed by atoms with Crippen molar-refractivity contribution in [2.75, 3.05) is 6.54 Å². The van der Waals surface area contributed by atoms with Gasteiger partial charge >= 0.3 is 0 Å². The van der Waals surface area contributed by atoms with Gasteiger partial charge in [-0.25, -0.2) is 4.68 Å². The number of nitrogens with zero attached hydrogens (tertiary/aromatic N) is 3. The topological polar surface area (TPSA) is 80.0 Å². The van der Waals surface area contributed by atoms with Crippen LogP contribution in [0.2, 0.25) is 5.02 Å². The maximum absolute atomic E-state index is 12.3. The average molecular weight is 337 g/mol. The molecular weight excluding hydrogens is 316 g/mol. The first kappa shape index (κ1) is 17.4. The van der Waals surface area contributed by atoms with E-state index in [1.807, 2.05) is 19.9 Å². The summed E-state index contributed by atoms with van der Waals surface area (Å²) in [6, 6.07) is 7.14. The van der Waals surface area contributed by atoms with Gasteiger partial charge in [0.1, 0.15) is 0 Å². The number of carbonyl (C=O) groups excluding carboxylic acids is 1. The number of aromatic nitrogens is 3. The van der Waals surface area contributed by atoms with Crippen molar-refractivity contribution in [3.05, 3.63) is 40.7 Å². The van der Waals surface area contributed by atoms with Crippen molar-refractivity contribution < 1.29 is 9.90 Å². The molecular formula is C16H21ClN4O2. The molecule has 0 radical (unpaired) electrons. The summed E-state index contributed by atoms with van der Waals surface area (Å²) in [5.41, 5.74) is 0.584. The second-order valence-corrected chi connectivity index (χ2v) is 6.55. The van der Waals surface area contributed by atoms with Crippen LogP contribution in [0.5, 0.6) is 0 Å². The van der Waals surface area contributed by atoms with Crippen LogP contribution in [0, 0.1) is 12.8 Å². The summed E-state index contributed by atoms with van der Waals surface area (Å²) in [5.74, 6) is -0.345. The summed E-state index contributed by atoms with van der Waals surface area (Å²) in [4.78, 5) is 12.3. The van der Waals surface area contributed by atoms with Gasteiger partial charge in [0.2, 0.25) is 0 Å². The largest absolute Gasteiger partial charge is 0.388 e. The minimum absolute atomic E-state index is 0.0195. The molecule has 1 atom stereocenters. The number of halogens is 1. The smallest absolute Gasteiger partial charge is 0.273 e. The van der Waals surface area contributed by atoms with E-state index in [1.165, 1.54) is 0 Å². The van der Waals surface area contributed by atoms with Gasteiger partial charge in [-0.05, 0) is 38.0 Å². The lowest BCUT2D eigenvalue weighted by Gasteiger charge is -2.27. The van der Waals surface area contributed by atoms with E-state index in [-0.39, 0.29) is 24.1 Å². The number of hydrogen-bond acceptors (Lipinski definition) is 4. The Labute approximate surface area is 140 Å². The fourth-order valence-corrected chi connectivity index (χ4v) is 2.12. The van der Waals surface area contributed by atoms with Crippen LogP contribution in [0.3, 0.4) is 0 Å². The first-order chi connectivity index (χ1) is 10.7. The third-order valence-corrected chi connectivity index (χ3v) is 4.25. The highest BCUT2D eigenvalue weighted by Crippen LogP contribution is 2.17. The summed E-state index contributed by atoms with van der Waals surface area (Å²) in [5, 5.41) is 21.4. The van der Waals surface area contributed by atoms with Gasteiger partial charge in [-0.2, -0.15) is 0 Å². The van der Waals surface area contributed by atoms with Gasteiger partial charge in [-0.1, -0.05) is 36.7 Å². The number of rotatable bonds is 5. The van der Waals surface area contributed by atoms with Crippen LogP contribution in [-0.4, -0.2) is 38.2 Å². The van der Waals surface area contributed by atoms with Crippen molar-refractivity contribution in [1.82, 2.24) is 20.3 Å². The molecule has 1 amide bonds. The zero-order chi connectivity index (χ0) is 17.2. The van der Waals surface area contributed by atoms with E-state index in [1.54, 1.807) is 36.7 Å². The minimum Gasteiger partial charge on any atom is -0.388 e. The molecule has 124 valence electrons. The lowest BCUT2D eigenvalue weighted by molar-refractivity contribution is 0.0141. The van der Waals surface area contributed by atoms with E-state index in [0.29, 0.717) is 10.7 Å². The molecule has 1 heterocycles. The number of benzene rings is 1. The molecule has 6 nitrogen and oxygen atoms in total. The quantitative estimate of drug-likeness (QED) is 0.878. The zero-order valence-electron chi connectivity index (χ0n) is 13.7. The van der Waals surface area contributed by atoms with Gasteiger partial charge < -0.3 is 10.4 Å². The van der Waals surface area contributed by atoms with Gasteiger partial charge in [0, 0.05) is 11.6 Å². The van der Waals surface area contributed by atoms with Gasteiger partial charge in [-0.15, -0.1) is 5.10 Å². The van der Waals surface area contributed by atoms with Crippen LogP contribution < -0.4 is 5.32 Å². The third kappa shape index (κ3) is 3.89. The fourth-order valence-electron chi connectivity index (χ4n) is 1.94. The molecule has 23 heavy (non-hydrogen) atoms. The highest BCUT2D eigenvalue weighted by molar-refractivity contribution is 6.30. The van der Waals surface area contributed by atoms with Crippen molar-refractivity contribution in [2.45, 2.75) is 33.3 Å². The molecule has 0 aliphatic rings. The second-order valence-electron chi connectivity index (χ2n) is 6.11. The summed E-state index contributed by atoms with van der Waals surface area (Å²) >= 11 is 5.98. The first-order valence-electron chi connectivity index (χ1n) is 7.41. The number of aliphatic hydroxyl groups is 1. The monoisotopic (exact) mass is 336 g/mol. The molecule has 1 aromatic heterocycles. The molecule has 0 spiro atoms. The van der Waals surface area contributed by atoms with E-state index in [0.717, 1.165) is 5.69 Å². The summed E-state index contributed by atoms with van der Waals surface area (Å²) in [7, 11) is 0. The Morgan fingerprint density at radius 3 is 2.78 bits per heavy atom. The van der Waals surface area contributed by atoms with Crippen molar-refractivity contribution in [3.8, 4) is 5.69 Å². The lowest BCUT2D eigenvalue weighted by atomic mass is 9.92. The van der Waals surface area contributed by atoms with Crippen molar-refractivity contribution in [2.24, 2.45) is 5.92 Å². The number of nitrogens with one attached hydrogen (secondary N) is 1. The molecule has 0 fully saturated rings. The summed E-state index contributed by atoms with van der Waals surface area (Å²) in [6.07, 6.45) is 0. The van der Waals surface area contributed by atoms with Crippen molar-refractivity contribution in [1.29, 1.82) is 0 Å². The summed E-state index contributed by atoms with van der Waals surface area (Å²) < 4.78 is 1.56. The molecule has 0 bridgehead atoms. The maximum Gasteiger partial charge on any atom is 0.273 e. The predicted molar refractivity (Wildman–Crippen MR) is 88.9 cm³/mol. The molecule has 0 saturated heterocycles. The summed E-state index contributed by atoms with van der Waals surface area (Å²) in [6.45, 7) is 7.39.